The molecule has 28 heavy (non-hydrogen) atoms. The minimum atomic E-state index is -0.514. The lowest BCUT2D eigenvalue weighted by Gasteiger charge is -2.12. The van der Waals surface area contributed by atoms with Gasteiger partial charge < -0.3 is 10.1 Å². The van der Waals surface area contributed by atoms with Gasteiger partial charge in [-0.3, -0.25) is 14.9 Å². The van der Waals surface area contributed by atoms with Crippen LogP contribution in [0.5, 0.6) is 0 Å². The highest BCUT2D eigenvalue weighted by Gasteiger charge is 2.27. The van der Waals surface area contributed by atoms with E-state index >= 15 is 0 Å². The summed E-state index contributed by atoms with van der Waals surface area (Å²) >= 11 is 1.42. The number of non-ortho nitro benzene ring substituents is 1. The average Bonchev–Trinajstić information content (AvgIpc) is 3.06. The first kappa shape index (κ1) is 20.0. The molecule has 1 aliphatic rings. The van der Waals surface area contributed by atoms with Gasteiger partial charge in [0, 0.05) is 22.6 Å². The van der Waals surface area contributed by atoms with Crippen molar-refractivity contribution in [2.75, 3.05) is 11.9 Å². The van der Waals surface area contributed by atoms with Crippen LogP contribution >= 0.6 is 11.3 Å². The minimum Gasteiger partial charge on any atom is -0.462 e. The Kier molecular flexibility index (Phi) is 6.41. The van der Waals surface area contributed by atoms with Crippen LogP contribution < -0.4 is 5.32 Å². The first-order valence-electron chi connectivity index (χ1n) is 9.38. The van der Waals surface area contributed by atoms with Gasteiger partial charge in [-0.2, -0.15) is 0 Å². The molecule has 1 heterocycles. The zero-order valence-corrected chi connectivity index (χ0v) is 16.5. The molecule has 0 atom stereocenters. The van der Waals surface area contributed by atoms with Gasteiger partial charge in [0.25, 0.3) is 11.6 Å². The molecule has 1 aromatic carbocycles. The SMILES string of the molecule is CCCCOC(=O)c1c(NC(=O)c2ccc([N+](=O)[O-])cc2)sc2c1CCCC2. The number of anilines is 1. The van der Waals surface area contributed by atoms with Crippen molar-refractivity contribution in [3.63, 3.8) is 0 Å². The molecule has 0 saturated heterocycles. The Morgan fingerprint density at radius 1 is 1.21 bits per heavy atom. The Labute approximate surface area is 166 Å². The molecule has 0 fully saturated rings. The van der Waals surface area contributed by atoms with Gasteiger partial charge in [-0.05, 0) is 49.8 Å². The van der Waals surface area contributed by atoms with Gasteiger partial charge in [-0.1, -0.05) is 13.3 Å². The second-order valence-corrected chi connectivity index (χ2v) is 7.77. The number of aryl methyl sites for hydroxylation is 1. The van der Waals surface area contributed by atoms with E-state index in [-0.39, 0.29) is 5.69 Å². The first-order chi connectivity index (χ1) is 13.5. The molecule has 0 saturated carbocycles. The molecule has 1 N–H and O–H groups in total. The van der Waals surface area contributed by atoms with E-state index in [9.17, 15) is 19.7 Å². The number of benzene rings is 1. The van der Waals surface area contributed by atoms with Gasteiger partial charge >= 0.3 is 5.97 Å². The zero-order chi connectivity index (χ0) is 20.1. The number of thiophene rings is 1. The quantitative estimate of drug-likeness (QED) is 0.312. The minimum absolute atomic E-state index is 0.0803. The molecular formula is C20H22N2O5S. The van der Waals surface area contributed by atoms with Gasteiger partial charge in [0.15, 0.2) is 0 Å². The smallest absolute Gasteiger partial charge is 0.341 e. The Morgan fingerprint density at radius 3 is 2.61 bits per heavy atom. The number of rotatable bonds is 7. The van der Waals surface area contributed by atoms with E-state index in [1.54, 1.807) is 0 Å². The van der Waals surface area contributed by atoms with Crippen LogP contribution in [0.1, 0.15) is 63.8 Å². The lowest BCUT2D eigenvalue weighted by Crippen LogP contribution is -2.16. The predicted molar refractivity (Wildman–Crippen MR) is 107 cm³/mol. The molecular weight excluding hydrogens is 380 g/mol. The van der Waals surface area contributed by atoms with E-state index in [0.29, 0.717) is 22.7 Å². The molecule has 0 aliphatic heterocycles. The van der Waals surface area contributed by atoms with E-state index in [1.807, 2.05) is 6.92 Å². The number of nitrogens with zero attached hydrogens (tertiary/aromatic N) is 1. The van der Waals surface area contributed by atoms with Crippen LogP contribution in [0.3, 0.4) is 0 Å². The Bertz CT molecular complexity index is 889. The van der Waals surface area contributed by atoms with Crippen molar-refractivity contribution in [3.05, 3.63) is 55.9 Å². The number of carbonyl (C=O) groups excluding carboxylic acids is 2. The number of hydrogen-bond donors (Lipinski definition) is 1. The van der Waals surface area contributed by atoms with Crippen molar-refractivity contribution in [3.8, 4) is 0 Å². The molecule has 7 nitrogen and oxygen atoms in total. The third-order valence-electron chi connectivity index (χ3n) is 4.67. The molecule has 148 valence electrons. The van der Waals surface area contributed by atoms with Crippen LogP contribution in [0.2, 0.25) is 0 Å². The van der Waals surface area contributed by atoms with E-state index < -0.39 is 16.8 Å². The van der Waals surface area contributed by atoms with Crippen molar-refractivity contribution in [2.24, 2.45) is 0 Å². The normalized spacial score (nSPS) is 12.9. The largest absolute Gasteiger partial charge is 0.462 e. The Balaban J connectivity index is 1.84. The van der Waals surface area contributed by atoms with E-state index in [1.165, 1.54) is 35.6 Å². The summed E-state index contributed by atoms with van der Waals surface area (Å²) < 4.78 is 5.40. The van der Waals surface area contributed by atoms with E-state index in [4.69, 9.17) is 4.74 Å². The van der Waals surface area contributed by atoms with Crippen molar-refractivity contribution < 1.29 is 19.2 Å². The fourth-order valence-corrected chi connectivity index (χ4v) is 4.43. The number of fused-ring (bicyclic) bond motifs is 1. The lowest BCUT2D eigenvalue weighted by molar-refractivity contribution is -0.384. The van der Waals surface area contributed by atoms with Gasteiger partial charge in [-0.25, -0.2) is 4.79 Å². The summed E-state index contributed by atoms with van der Waals surface area (Å²) in [6, 6.07) is 5.38. The fraction of sp³-hybridized carbons (Fsp3) is 0.400. The van der Waals surface area contributed by atoms with Crippen LogP contribution in [0.15, 0.2) is 24.3 Å². The summed E-state index contributed by atoms with van der Waals surface area (Å²) in [5, 5.41) is 14.1. The van der Waals surface area contributed by atoms with Crippen LogP contribution in [0.4, 0.5) is 10.7 Å². The van der Waals surface area contributed by atoms with Gasteiger partial charge in [0.2, 0.25) is 0 Å². The molecule has 0 bridgehead atoms. The summed E-state index contributed by atoms with van der Waals surface area (Å²) in [7, 11) is 0. The maximum atomic E-state index is 12.7. The molecule has 3 rings (SSSR count). The number of hydrogen-bond acceptors (Lipinski definition) is 6. The van der Waals surface area contributed by atoms with Gasteiger partial charge in [-0.15, -0.1) is 11.3 Å². The zero-order valence-electron chi connectivity index (χ0n) is 15.7. The first-order valence-corrected chi connectivity index (χ1v) is 10.2. The molecule has 1 aliphatic carbocycles. The summed E-state index contributed by atoms with van der Waals surface area (Å²) in [6.07, 6.45) is 5.49. The number of ether oxygens (including phenoxy) is 1. The fourth-order valence-electron chi connectivity index (χ4n) is 3.16. The molecule has 1 aromatic heterocycles. The second kappa shape index (κ2) is 8.97. The number of esters is 1. The maximum Gasteiger partial charge on any atom is 0.341 e. The summed E-state index contributed by atoms with van der Waals surface area (Å²) in [6.45, 7) is 2.38. The summed E-state index contributed by atoms with van der Waals surface area (Å²) in [5.74, 6) is -0.803. The second-order valence-electron chi connectivity index (χ2n) is 6.66. The summed E-state index contributed by atoms with van der Waals surface area (Å²) in [4.78, 5) is 36.7. The standard InChI is InChI=1S/C20H22N2O5S/c1-2-3-12-27-20(24)17-15-6-4-5-7-16(15)28-19(17)21-18(23)13-8-10-14(11-9-13)22(25)26/h8-11H,2-7,12H2,1H3,(H,21,23). The number of nitro benzene ring substituents is 1. The lowest BCUT2D eigenvalue weighted by atomic mass is 9.95. The number of nitrogens with one attached hydrogen (secondary N) is 1. The molecule has 0 radical (unpaired) electrons. The highest BCUT2D eigenvalue weighted by molar-refractivity contribution is 7.17. The Morgan fingerprint density at radius 2 is 1.93 bits per heavy atom. The van der Waals surface area contributed by atoms with Gasteiger partial charge in [0.05, 0.1) is 17.1 Å². The molecule has 2 aromatic rings. The number of unbranched alkanes of at least 4 members (excludes halogenated alkanes) is 1. The molecule has 0 spiro atoms. The molecule has 8 heteroatoms. The van der Waals surface area contributed by atoms with Crippen molar-refractivity contribution in [2.45, 2.75) is 45.4 Å². The third kappa shape index (κ3) is 4.39. The number of carbonyl (C=O) groups is 2. The molecule has 0 unspecified atom stereocenters. The van der Waals surface area contributed by atoms with Crippen LogP contribution in [-0.2, 0) is 17.6 Å². The van der Waals surface area contributed by atoms with Crippen LogP contribution in [0.25, 0.3) is 0 Å². The van der Waals surface area contributed by atoms with Crippen LogP contribution in [-0.4, -0.2) is 23.4 Å². The highest BCUT2D eigenvalue weighted by atomic mass is 32.1. The topological polar surface area (TPSA) is 98.5 Å². The van der Waals surface area contributed by atoms with Gasteiger partial charge in [0.1, 0.15) is 5.00 Å². The maximum absolute atomic E-state index is 12.7. The van der Waals surface area contributed by atoms with Crippen molar-refractivity contribution >= 4 is 33.9 Å². The van der Waals surface area contributed by atoms with Crippen molar-refractivity contribution in [1.29, 1.82) is 0 Å². The average molecular weight is 402 g/mol. The van der Waals surface area contributed by atoms with E-state index in [0.717, 1.165) is 49.0 Å². The third-order valence-corrected chi connectivity index (χ3v) is 5.88. The van der Waals surface area contributed by atoms with Crippen molar-refractivity contribution in [1.82, 2.24) is 0 Å². The highest BCUT2D eigenvalue weighted by Crippen LogP contribution is 2.38. The Hall–Kier alpha value is -2.74. The number of amides is 1. The van der Waals surface area contributed by atoms with E-state index in [2.05, 4.69) is 5.32 Å². The number of nitro groups is 1. The monoisotopic (exact) mass is 402 g/mol. The summed E-state index contributed by atoms with van der Waals surface area (Å²) in [5.41, 5.74) is 1.66. The molecule has 1 amide bonds. The predicted octanol–water partition coefficient (Wildman–Crippen LogP) is 4.74. The van der Waals surface area contributed by atoms with Crippen LogP contribution in [0, 0.1) is 10.1 Å².